The van der Waals surface area contributed by atoms with Gasteiger partial charge in [-0.25, -0.2) is 4.39 Å². The molecular formula is C29H47FO2. The standard InChI is InChI=1S/C28H43FO2.CH4/c1-9-10-11-12-13-28(7,8)22-14-20(5)27(26(16-22)31-21(6)30)24-15-19(4)25(29)17-23(24)18(2)3;/h14-16,18,23-25H,9-13,17H2,1-8H3;1H4/t23-,24?,25?;/m0./s1. The van der Waals surface area contributed by atoms with Gasteiger partial charge in [0.1, 0.15) is 11.9 Å². The Kier molecular flexibility index (Phi) is 10.6. The van der Waals surface area contributed by atoms with Crippen LogP contribution in [0.25, 0.3) is 0 Å². The summed E-state index contributed by atoms with van der Waals surface area (Å²) in [6.45, 7) is 16.6. The first-order valence-electron chi connectivity index (χ1n) is 12.1. The van der Waals surface area contributed by atoms with Gasteiger partial charge in [0.05, 0.1) is 0 Å². The minimum atomic E-state index is -0.887. The lowest BCUT2D eigenvalue weighted by atomic mass is 9.69. The lowest BCUT2D eigenvalue weighted by Crippen LogP contribution is -2.28. The second kappa shape index (κ2) is 12.0. The van der Waals surface area contributed by atoms with E-state index in [1.807, 2.05) is 6.92 Å². The van der Waals surface area contributed by atoms with Gasteiger partial charge in [0, 0.05) is 18.4 Å². The molecule has 0 aromatic heterocycles. The molecule has 0 N–H and O–H groups in total. The summed E-state index contributed by atoms with van der Waals surface area (Å²) in [4.78, 5) is 12.0. The Morgan fingerprint density at radius 3 is 2.41 bits per heavy atom. The molecule has 3 heteroatoms. The maximum Gasteiger partial charge on any atom is 0.308 e. The van der Waals surface area contributed by atoms with Gasteiger partial charge in [-0.3, -0.25) is 4.79 Å². The molecule has 1 aliphatic carbocycles. The summed E-state index contributed by atoms with van der Waals surface area (Å²) >= 11 is 0. The van der Waals surface area contributed by atoms with Gasteiger partial charge in [0.2, 0.25) is 0 Å². The highest BCUT2D eigenvalue weighted by atomic mass is 19.1. The molecule has 1 aromatic rings. The zero-order valence-electron chi connectivity index (χ0n) is 21.0. The van der Waals surface area contributed by atoms with E-state index in [0.717, 1.165) is 23.1 Å². The van der Waals surface area contributed by atoms with Gasteiger partial charge in [0.15, 0.2) is 0 Å². The second-order valence-corrected chi connectivity index (χ2v) is 10.5. The Hall–Kier alpha value is -1.64. The molecule has 0 aliphatic heterocycles. The zero-order chi connectivity index (χ0) is 23.3. The Balaban J connectivity index is 0.00000512. The minimum Gasteiger partial charge on any atom is -0.426 e. The largest absolute Gasteiger partial charge is 0.426 e. The maximum absolute atomic E-state index is 14.5. The van der Waals surface area contributed by atoms with Gasteiger partial charge in [-0.2, -0.15) is 0 Å². The van der Waals surface area contributed by atoms with Crippen LogP contribution >= 0.6 is 0 Å². The molecule has 0 saturated carbocycles. The molecule has 2 rings (SSSR count). The number of hydrogen-bond acceptors (Lipinski definition) is 2. The number of halogens is 1. The van der Waals surface area contributed by atoms with E-state index in [1.54, 1.807) is 0 Å². The van der Waals surface area contributed by atoms with Crippen molar-refractivity contribution in [2.45, 2.75) is 119 Å². The van der Waals surface area contributed by atoms with Gasteiger partial charge in [-0.05, 0) is 66.7 Å². The highest BCUT2D eigenvalue weighted by molar-refractivity contribution is 5.70. The highest BCUT2D eigenvalue weighted by Gasteiger charge is 2.36. The molecule has 0 heterocycles. The normalized spacial score (nSPS) is 21.2. The number of esters is 1. The Labute approximate surface area is 197 Å². The first kappa shape index (κ1) is 28.4. The van der Waals surface area contributed by atoms with E-state index in [2.05, 4.69) is 59.8 Å². The number of rotatable bonds is 9. The van der Waals surface area contributed by atoms with E-state index in [4.69, 9.17) is 4.74 Å². The van der Waals surface area contributed by atoms with E-state index < -0.39 is 6.17 Å². The smallest absolute Gasteiger partial charge is 0.308 e. The summed E-state index contributed by atoms with van der Waals surface area (Å²) in [6.07, 6.45) is 7.76. The average Bonchev–Trinajstić information content (AvgIpc) is 2.66. The number of aryl methyl sites for hydroxylation is 1. The molecule has 2 unspecified atom stereocenters. The van der Waals surface area contributed by atoms with Crippen molar-refractivity contribution >= 4 is 5.97 Å². The average molecular weight is 447 g/mol. The third-order valence-corrected chi connectivity index (χ3v) is 7.11. The second-order valence-electron chi connectivity index (χ2n) is 10.5. The Morgan fingerprint density at radius 2 is 1.84 bits per heavy atom. The number of carbonyl (C=O) groups is 1. The molecule has 0 bridgehead atoms. The summed E-state index contributed by atoms with van der Waals surface area (Å²) in [6, 6.07) is 4.34. The van der Waals surface area contributed by atoms with Gasteiger partial charge in [-0.1, -0.05) is 79.9 Å². The summed E-state index contributed by atoms with van der Waals surface area (Å²) in [5, 5.41) is 0. The van der Waals surface area contributed by atoms with Crippen LogP contribution in [0.15, 0.2) is 23.8 Å². The van der Waals surface area contributed by atoms with Crippen LogP contribution in [0.3, 0.4) is 0 Å². The van der Waals surface area contributed by atoms with Crippen LogP contribution in [-0.2, 0) is 10.2 Å². The molecule has 0 spiro atoms. The lowest BCUT2D eigenvalue weighted by molar-refractivity contribution is -0.131. The van der Waals surface area contributed by atoms with Crippen molar-refractivity contribution in [3.63, 3.8) is 0 Å². The molecule has 0 amide bonds. The molecule has 3 atom stereocenters. The Bertz CT molecular complexity index is 791. The number of unbranched alkanes of at least 4 members (excludes halogenated alkanes) is 3. The van der Waals surface area contributed by atoms with Gasteiger partial charge in [-0.15, -0.1) is 0 Å². The first-order valence-corrected chi connectivity index (χ1v) is 12.1. The van der Waals surface area contributed by atoms with E-state index in [9.17, 15) is 9.18 Å². The fraction of sp³-hybridized carbons (Fsp3) is 0.690. The molecular weight excluding hydrogens is 399 g/mol. The number of ether oxygens (including phenoxy) is 1. The summed E-state index contributed by atoms with van der Waals surface area (Å²) < 4.78 is 20.3. The number of hydrogen-bond donors (Lipinski definition) is 0. The van der Waals surface area contributed by atoms with Crippen LogP contribution in [0.1, 0.15) is 117 Å². The SMILES string of the molecule is C.CCCCCCC(C)(C)c1cc(C)c(C2C=C(C)C(F)C[C@H]2C(C)C)c(OC(C)=O)c1. The van der Waals surface area contributed by atoms with Crippen LogP contribution < -0.4 is 4.74 Å². The summed E-state index contributed by atoms with van der Waals surface area (Å²) in [5.41, 5.74) is 4.18. The fourth-order valence-electron chi connectivity index (χ4n) is 5.03. The monoisotopic (exact) mass is 446 g/mol. The summed E-state index contributed by atoms with van der Waals surface area (Å²) in [5.74, 6) is 0.926. The van der Waals surface area contributed by atoms with Crippen molar-refractivity contribution in [2.75, 3.05) is 0 Å². The van der Waals surface area contributed by atoms with Crippen molar-refractivity contribution in [1.82, 2.24) is 0 Å². The van der Waals surface area contributed by atoms with Crippen molar-refractivity contribution < 1.29 is 13.9 Å². The number of benzene rings is 1. The zero-order valence-corrected chi connectivity index (χ0v) is 21.0. The van der Waals surface area contributed by atoms with Gasteiger partial charge < -0.3 is 4.74 Å². The molecule has 1 aromatic carbocycles. The summed E-state index contributed by atoms with van der Waals surface area (Å²) in [7, 11) is 0. The number of alkyl halides is 1. The number of carbonyl (C=O) groups excluding carboxylic acids is 1. The van der Waals surface area contributed by atoms with Crippen LogP contribution in [0.2, 0.25) is 0 Å². The molecule has 1 aliphatic rings. The molecule has 182 valence electrons. The predicted octanol–water partition coefficient (Wildman–Crippen LogP) is 8.85. The van der Waals surface area contributed by atoms with Crippen LogP contribution in [-0.4, -0.2) is 12.1 Å². The van der Waals surface area contributed by atoms with Gasteiger partial charge in [0.25, 0.3) is 0 Å². The van der Waals surface area contributed by atoms with Crippen molar-refractivity contribution in [3.8, 4) is 5.75 Å². The van der Waals surface area contributed by atoms with Crippen LogP contribution in [0, 0.1) is 18.8 Å². The van der Waals surface area contributed by atoms with E-state index >= 15 is 0 Å². The maximum atomic E-state index is 14.5. The van der Waals surface area contributed by atoms with Crippen molar-refractivity contribution in [1.29, 1.82) is 0 Å². The first-order chi connectivity index (χ1) is 14.5. The molecule has 0 radical (unpaired) electrons. The molecule has 32 heavy (non-hydrogen) atoms. The minimum absolute atomic E-state index is 0. The quantitative estimate of drug-likeness (QED) is 0.164. The molecule has 0 saturated heterocycles. The van der Waals surface area contributed by atoms with Crippen LogP contribution in [0.5, 0.6) is 5.75 Å². The highest BCUT2D eigenvalue weighted by Crippen LogP contribution is 2.47. The number of allylic oxidation sites excluding steroid dienone is 2. The fourth-order valence-corrected chi connectivity index (χ4v) is 5.03. The Morgan fingerprint density at radius 1 is 1.19 bits per heavy atom. The van der Waals surface area contributed by atoms with E-state index in [0.29, 0.717) is 18.1 Å². The van der Waals surface area contributed by atoms with Gasteiger partial charge >= 0.3 is 5.97 Å². The lowest BCUT2D eigenvalue weighted by Gasteiger charge is -2.36. The van der Waals surface area contributed by atoms with Crippen LogP contribution in [0.4, 0.5) is 4.39 Å². The molecule has 0 fully saturated rings. The third-order valence-electron chi connectivity index (χ3n) is 7.11. The molecule has 2 nitrogen and oxygen atoms in total. The van der Waals surface area contributed by atoms with E-state index in [-0.39, 0.29) is 30.6 Å². The third kappa shape index (κ3) is 6.93. The van der Waals surface area contributed by atoms with Crippen molar-refractivity contribution in [2.24, 2.45) is 11.8 Å². The topological polar surface area (TPSA) is 26.3 Å². The van der Waals surface area contributed by atoms with Crippen molar-refractivity contribution in [3.05, 3.63) is 40.5 Å². The predicted molar refractivity (Wildman–Crippen MR) is 135 cm³/mol. The van der Waals surface area contributed by atoms with E-state index in [1.165, 1.54) is 38.2 Å².